The Morgan fingerprint density at radius 2 is 1.60 bits per heavy atom. The SMILES string of the molecule is O=C(O)CC(NC(=O)c1ccc(N2CCN(Cc3nc4ccccc4[nH]3)CC2)cc1)NS(=O)(=O)c1ccccc1. The molecular weight excluding hydrogens is 532 g/mol. The van der Waals surface area contributed by atoms with Crippen LogP contribution >= 0.6 is 0 Å². The number of carboxylic acids is 1. The van der Waals surface area contributed by atoms with Crippen LogP contribution in [-0.4, -0.2) is 72.6 Å². The minimum Gasteiger partial charge on any atom is -0.481 e. The molecule has 1 aliphatic rings. The highest BCUT2D eigenvalue weighted by Crippen LogP contribution is 2.19. The van der Waals surface area contributed by atoms with Gasteiger partial charge < -0.3 is 20.3 Å². The maximum atomic E-state index is 12.9. The van der Waals surface area contributed by atoms with Crippen LogP contribution in [-0.2, 0) is 21.4 Å². The van der Waals surface area contributed by atoms with Gasteiger partial charge in [-0.1, -0.05) is 30.3 Å². The Hall–Kier alpha value is -4.26. The molecule has 4 aromatic rings. The van der Waals surface area contributed by atoms with Gasteiger partial charge in [0.1, 0.15) is 12.0 Å². The number of carbonyl (C=O) groups is 2. The topological polar surface area (TPSA) is 148 Å². The van der Waals surface area contributed by atoms with E-state index in [0.29, 0.717) is 5.56 Å². The molecule has 1 atom stereocenters. The minimum absolute atomic E-state index is 0.0262. The number of amides is 1. The molecule has 0 spiro atoms. The number of piperazine rings is 1. The van der Waals surface area contributed by atoms with Gasteiger partial charge in [0.15, 0.2) is 0 Å². The summed E-state index contributed by atoms with van der Waals surface area (Å²) in [5, 5.41) is 11.7. The Morgan fingerprint density at radius 1 is 0.925 bits per heavy atom. The van der Waals surface area contributed by atoms with Crippen LogP contribution in [0.25, 0.3) is 11.0 Å². The molecule has 2 heterocycles. The summed E-state index contributed by atoms with van der Waals surface area (Å²) < 4.78 is 27.6. The lowest BCUT2D eigenvalue weighted by atomic mass is 10.1. The highest BCUT2D eigenvalue weighted by Gasteiger charge is 2.24. The molecule has 1 saturated heterocycles. The van der Waals surface area contributed by atoms with Gasteiger partial charge in [0.2, 0.25) is 10.0 Å². The van der Waals surface area contributed by atoms with Crippen molar-refractivity contribution < 1.29 is 23.1 Å². The predicted molar refractivity (Wildman–Crippen MR) is 150 cm³/mol. The average molecular weight is 563 g/mol. The van der Waals surface area contributed by atoms with Crippen molar-refractivity contribution in [2.75, 3.05) is 31.1 Å². The number of aromatic nitrogens is 2. The van der Waals surface area contributed by atoms with Crippen LogP contribution < -0.4 is 14.9 Å². The zero-order valence-corrected chi connectivity index (χ0v) is 22.5. The van der Waals surface area contributed by atoms with E-state index >= 15 is 0 Å². The number of aliphatic carboxylic acids is 1. The average Bonchev–Trinajstić information content (AvgIpc) is 3.36. The van der Waals surface area contributed by atoms with Crippen LogP contribution in [0.2, 0.25) is 0 Å². The fourth-order valence-corrected chi connectivity index (χ4v) is 5.84. The highest BCUT2D eigenvalue weighted by atomic mass is 32.2. The smallest absolute Gasteiger partial charge is 0.306 e. The number of H-pyrrole nitrogens is 1. The van der Waals surface area contributed by atoms with E-state index in [1.54, 1.807) is 30.3 Å². The van der Waals surface area contributed by atoms with Crippen molar-refractivity contribution >= 4 is 38.6 Å². The third kappa shape index (κ3) is 6.65. The molecular formula is C28H30N6O5S. The summed E-state index contributed by atoms with van der Waals surface area (Å²) in [6.07, 6.45) is -1.94. The number of rotatable bonds is 10. The molecule has 0 aliphatic carbocycles. The molecule has 0 bridgehead atoms. The van der Waals surface area contributed by atoms with E-state index in [2.05, 4.69) is 29.8 Å². The number of hydrogen-bond acceptors (Lipinski definition) is 7. The van der Waals surface area contributed by atoms with Crippen molar-refractivity contribution in [3.63, 3.8) is 0 Å². The van der Waals surface area contributed by atoms with Gasteiger partial charge in [-0.05, 0) is 48.5 Å². The minimum atomic E-state index is -4.03. The molecule has 1 aromatic heterocycles. The molecule has 1 aliphatic heterocycles. The first kappa shape index (κ1) is 27.3. The van der Waals surface area contributed by atoms with Crippen LogP contribution in [0.1, 0.15) is 22.6 Å². The lowest BCUT2D eigenvalue weighted by Crippen LogP contribution is -2.49. The lowest BCUT2D eigenvalue weighted by molar-refractivity contribution is -0.137. The molecule has 5 rings (SSSR count). The summed E-state index contributed by atoms with van der Waals surface area (Å²) in [6, 6.07) is 22.5. The van der Waals surface area contributed by atoms with E-state index in [1.165, 1.54) is 12.1 Å². The fraction of sp³-hybridized carbons (Fsp3) is 0.250. The number of sulfonamides is 1. The number of nitrogens with one attached hydrogen (secondary N) is 3. The molecule has 12 heteroatoms. The van der Waals surface area contributed by atoms with Gasteiger partial charge in [0.25, 0.3) is 5.91 Å². The second-order valence-corrected chi connectivity index (χ2v) is 11.3. The third-order valence-electron chi connectivity index (χ3n) is 6.71. The van der Waals surface area contributed by atoms with Crippen LogP contribution in [0.5, 0.6) is 0 Å². The molecule has 4 N–H and O–H groups in total. The number of anilines is 1. The molecule has 0 radical (unpaired) electrons. The molecule has 3 aromatic carbocycles. The second kappa shape index (κ2) is 11.9. The maximum Gasteiger partial charge on any atom is 0.306 e. The number of carbonyl (C=O) groups excluding carboxylic acids is 1. The Morgan fingerprint density at radius 3 is 2.27 bits per heavy atom. The Kier molecular flexibility index (Phi) is 8.10. The van der Waals surface area contributed by atoms with Crippen molar-refractivity contribution in [3.05, 3.63) is 90.3 Å². The van der Waals surface area contributed by atoms with Crippen LogP contribution in [0.3, 0.4) is 0 Å². The first-order valence-electron chi connectivity index (χ1n) is 12.9. The highest BCUT2D eigenvalue weighted by molar-refractivity contribution is 7.89. The zero-order valence-electron chi connectivity index (χ0n) is 21.7. The van der Waals surface area contributed by atoms with Crippen molar-refractivity contribution in [2.24, 2.45) is 0 Å². The van der Waals surface area contributed by atoms with E-state index in [1.807, 2.05) is 36.4 Å². The van der Waals surface area contributed by atoms with Gasteiger partial charge >= 0.3 is 5.97 Å². The van der Waals surface area contributed by atoms with E-state index in [9.17, 15) is 23.1 Å². The monoisotopic (exact) mass is 562 g/mol. The van der Waals surface area contributed by atoms with Crippen LogP contribution in [0, 0.1) is 0 Å². The van der Waals surface area contributed by atoms with Crippen molar-refractivity contribution in [2.45, 2.75) is 24.0 Å². The van der Waals surface area contributed by atoms with Gasteiger partial charge in [-0.25, -0.2) is 13.4 Å². The summed E-state index contributed by atoms with van der Waals surface area (Å²) in [5.41, 5.74) is 3.25. The Labute approximate surface area is 231 Å². The quantitative estimate of drug-likeness (QED) is 0.216. The van der Waals surface area contributed by atoms with E-state index in [0.717, 1.165) is 55.3 Å². The summed E-state index contributed by atoms with van der Waals surface area (Å²) in [7, 11) is -4.03. The van der Waals surface area contributed by atoms with Gasteiger partial charge in [-0.2, -0.15) is 4.72 Å². The van der Waals surface area contributed by atoms with E-state index < -0.39 is 34.5 Å². The number of imidazole rings is 1. The van der Waals surface area contributed by atoms with Gasteiger partial charge in [-0.15, -0.1) is 0 Å². The molecule has 1 amide bonds. The van der Waals surface area contributed by atoms with Crippen molar-refractivity contribution in [1.29, 1.82) is 0 Å². The van der Waals surface area contributed by atoms with Gasteiger partial charge in [0, 0.05) is 37.4 Å². The van der Waals surface area contributed by atoms with Crippen molar-refractivity contribution in [3.8, 4) is 0 Å². The van der Waals surface area contributed by atoms with Crippen LogP contribution in [0.15, 0.2) is 83.8 Å². The summed E-state index contributed by atoms with van der Waals surface area (Å²) in [6.45, 7) is 4.09. The molecule has 1 unspecified atom stereocenters. The maximum absolute atomic E-state index is 12.9. The Balaban J connectivity index is 1.16. The number of benzene rings is 3. The molecule has 40 heavy (non-hydrogen) atoms. The van der Waals surface area contributed by atoms with E-state index in [4.69, 9.17) is 0 Å². The predicted octanol–water partition coefficient (Wildman–Crippen LogP) is 2.39. The molecule has 11 nitrogen and oxygen atoms in total. The molecule has 0 saturated carbocycles. The number of carboxylic acid groups (broad SMARTS) is 1. The number of fused-ring (bicyclic) bond motifs is 1. The Bertz CT molecular complexity index is 1550. The normalized spacial score (nSPS) is 15.2. The number of nitrogens with zero attached hydrogens (tertiary/aromatic N) is 3. The number of para-hydroxylation sites is 2. The fourth-order valence-electron chi connectivity index (χ4n) is 4.67. The number of hydrogen-bond donors (Lipinski definition) is 4. The second-order valence-electron chi connectivity index (χ2n) is 9.57. The number of aromatic amines is 1. The first-order chi connectivity index (χ1) is 19.3. The van der Waals surface area contributed by atoms with Crippen molar-refractivity contribution in [1.82, 2.24) is 24.9 Å². The summed E-state index contributed by atoms with van der Waals surface area (Å²) >= 11 is 0. The first-order valence-corrected chi connectivity index (χ1v) is 14.4. The largest absolute Gasteiger partial charge is 0.481 e. The lowest BCUT2D eigenvalue weighted by Gasteiger charge is -2.35. The van der Waals surface area contributed by atoms with Gasteiger partial charge in [-0.3, -0.25) is 14.5 Å². The molecule has 208 valence electrons. The van der Waals surface area contributed by atoms with Crippen LogP contribution in [0.4, 0.5) is 5.69 Å². The summed E-state index contributed by atoms with van der Waals surface area (Å²) in [4.78, 5) is 36.8. The standard InChI is InChI=1S/C28H30N6O5S/c35-27(36)18-25(32-40(38,39)22-6-2-1-3-7-22)31-28(37)20-10-12-21(13-11-20)34-16-14-33(15-17-34)19-26-29-23-8-4-5-9-24(23)30-26/h1-13,25,32H,14-19H2,(H,29,30)(H,31,37)(H,35,36). The van der Waals surface area contributed by atoms with E-state index in [-0.39, 0.29) is 4.90 Å². The van der Waals surface area contributed by atoms with Gasteiger partial charge in [0.05, 0.1) is 28.9 Å². The zero-order chi connectivity index (χ0) is 28.1. The summed E-state index contributed by atoms with van der Waals surface area (Å²) in [5.74, 6) is -0.891. The molecule has 1 fully saturated rings. The third-order valence-corrected chi connectivity index (χ3v) is 8.20.